The summed E-state index contributed by atoms with van der Waals surface area (Å²) in [6, 6.07) is 23.1. The van der Waals surface area contributed by atoms with E-state index in [0.717, 1.165) is 16.9 Å². The first kappa shape index (κ1) is 18.6. The number of carbonyl (C=O) groups excluding carboxylic acids is 1. The molecule has 0 aliphatic heterocycles. The first-order valence-electron chi connectivity index (χ1n) is 9.40. The number of pyridine rings is 1. The molecular formula is C24H20N2O3. The average molecular weight is 384 g/mol. The van der Waals surface area contributed by atoms with Crippen LogP contribution in [0.25, 0.3) is 11.5 Å². The molecule has 0 saturated heterocycles. The maximum absolute atomic E-state index is 12.4. The van der Waals surface area contributed by atoms with Crippen molar-refractivity contribution in [1.29, 1.82) is 0 Å². The van der Waals surface area contributed by atoms with Gasteiger partial charge in [0.25, 0.3) is 0 Å². The second-order valence-corrected chi connectivity index (χ2v) is 6.64. The third kappa shape index (κ3) is 5.17. The Balaban J connectivity index is 1.30. The van der Waals surface area contributed by atoms with Gasteiger partial charge >= 0.3 is 0 Å². The second kappa shape index (κ2) is 8.97. The van der Waals surface area contributed by atoms with Gasteiger partial charge in [0.2, 0.25) is 5.89 Å². The van der Waals surface area contributed by atoms with Crippen LogP contribution in [0.15, 0.2) is 89.6 Å². The lowest BCUT2D eigenvalue weighted by Crippen LogP contribution is -2.07. The molecule has 5 nitrogen and oxygen atoms in total. The standard InChI is InChI=1S/C24H20N2O3/c27-20(15-24-26-16-23(29-24)22-8-4-5-13-25-22)14-18-9-11-19(12-10-18)17-28-21-6-2-1-3-7-21/h1-13,16H,14-15,17H2. The molecule has 2 aromatic carbocycles. The topological polar surface area (TPSA) is 65.2 Å². The Kier molecular flexibility index (Phi) is 5.76. The largest absolute Gasteiger partial charge is 0.489 e. The molecule has 0 atom stereocenters. The third-order valence-electron chi connectivity index (χ3n) is 4.39. The lowest BCUT2D eigenvalue weighted by molar-refractivity contribution is -0.118. The Hall–Kier alpha value is -3.73. The highest BCUT2D eigenvalue weighted by atomic mass is 16.5. The van der Waals surface area contributed by atoms with Crippen LogP contribution in [0.3, 0.4) is 0 Å². The van der Waals surface area contributed by atoms with Crippen molar-refractivity contribution in [1.82, 2.24) is 9.97 Å². The van der Waals surface area contributed by atoms with Crippen molar-refractivity contribution in [2.45, 2.75) is 19.4 Å². The van der Waals surface area contributed by atoms with Gasteiger partial charge in [0, 0.05) is 12.6 Å². The molecule has 0 saturated carbocycles. The molecule has 0 N–H and O–H groups in total. The second-order valence-electron chi connectivity index (χ2n) is 6.64. The molecule has 0 amide bonds. The Morgan fingerprint density at radius 2 is 1.59 bits per heavy atom. The molecule has 0 bridgehead atoms. The maximum atomic E-state index is 12.4. The summed E-state index contributed by atoms with van der Waals surface area (Å²) in [5.74, 6) is 1.86. The minimum absolute atomic E-state index is 0.0488. The fourth-order valence-electron chi connectivity index (χ4n) is 2.91. The predicted octanol–water partition coefficient (Wildman–Crippen LogP) is 4.67. The van der Waals surface area contributed by atoms with Crippen LogP contribution in [0.1, 0.15) is 17.0 Å². The number of oxazole rings is 1. The van der Waals surface area contributed by atoms with Gasteiger partial charge in [0.1, 0.15) is 23.8 Å². The molecule has 4 rings (SSSR count). The fraction of sp³-hybridized carbons (Fsp3) is 0.125. The number of para-hydroxylation sites is 1. The van der Waals surface area contributed by atoms with Crippen LogP contribution in [0.2, 0.25) is 0 Å². The number of benzene rings is 2. The smallest absolute Gasteiger partial charge is 0.202 e. The number of rotatable bonds is 8. The van der Waals surface area contributed by atoms with Gasteiger partial charge in [-0.3, -0.25) is 9.78 Å². The number of ether oxygens (including phenoxy) is 1. The van der Waals surface area contributed by atoms with E-state index < -0.39 is 0 Å². The molecular weight excluding hydrogens is 364 g/mol. The number of nitrogens with zero attached hydrogens (tertiary/aromatic N) is 2. The predicted molar refractivity (Wildman–Crippen MR) is 109 cm³/mol. The lowest BCUT2D eigenvalue weighted by Gasteiger charge is -2.07. The summed E-state index contributed by atoms with van der Waals surface area (Å²) < 4.78 is 11.4. The zero-order chi connectivity index (χ0) is 19.9. The molecule has 0 unspecified atom stereocenters. The van der Waals surface area contributed by atoms with Crippen molar-refractivity contribution < 1.29 is 13.9 Å². The van der Waals surface area contributed by atoms with Gasteiger partial charge < -0.3 is 9.15 Å². The molecule has 4 aromatic rings. The van der Waals surface area contributed by atoms with Gasteiger partial charge in [-0.15, -0.1) is 0 Å². The summed E-state index contributed by atoms with van der Waals surface area (Å²) in [5, 5.41) is 0. The van der Waals surface area contributed by atoms with E-state index in [-0.39, 0.29) is 12.2 Å². The molecule has 0 radical (unpaired) electrons. The number of Topliss-reactive ketones (excluding diaryl/α,β-unsaturated/α-hetero) is 1. The zero-order valence-electron chi connectivity index (χ0n) is 15.8. The summed E-state index contributed by atoms with van der Waals surface area (Å²) in [7, 11) is 0. The molecule has 2 heterocycles. The van der Waals surface area contributed by atoms with Crippen molar-refractivity contribution in [3.8, 4) is 17.2 Å². The summed E-state index contributed by atoms with van der Waals surface area (Å²) in [6.45, 7) is 0.491. The number of ketones is 1. The minimum Gasteiger partial charge on any atom is -0.489 e. The molecule has 0 spiro atoms. The molecule has 2 aromatic heterocycles. The van der Waals surface area contributed by atoms with Crippen molar-refractivity contribution in [3.05, 3.63) is 102 Å². The Bertz CT molecular complexity index is 1060. The third-order valence-corrected chi connectivity index (χ3v) is 4.39. The van der Waals surface area contributed by atoms with Gasteiger partial charge in [-0.25, -0.2) is 4.98 Å². The number of hydrogen-bond donors (Lipinski definition) is 0. The molecule has 5 heteroatoms. The van der Waals surface area contributed by atoms with Crippen LogP contribution in [-0.2, 0) is 24.2 Å². The van der Waals surface area contributed by atoms with Crippen LogP contribution >= 0.6 is 0 Å². The van der Waals surface area contributed by atoms with E-state index in [1.807, 2.05) is 72.8 Å². The van der Waals surface area contributed by atoms with E-state index in [0.29, 0.717) is 30.4 Å². The average Bonchev–Trinajstić information content (AvgIpc) is 3.23. The van der Waals surface area contributed by atoms with E-state index in [4.69, 9.17) is 9.15 Å². The summed E-state index contributed by atoms with van der Waals surface area (Å²) in [4.78, 5) is 20.8. The minimum atomic E-state index is 0.0488. The van der Waals surface area contributed by atoms with Crippen molar-refractivity contribution in [2.24, 2.45) is 0 Å². The maximum Gasteiger partial charge on any atom is 0.202 e. The Labute approximate surface area is 169 Å². The first-order valence-corrected chi connectivity index (χ1v) is 9.40. The SMILES string of the molecule is O=C(Cc1ccc(COc2ccccc2)cc1)Cc1ncc(-c2ccccn2)o1. The monoisotopic (exact) mass is 384 g/mol. The summed E-state index contributed by atoms with van der Waals surface area (Å²) in [6.07, 6.45) is 3.79. The number of carbonyl (C=O) groups is 1. The van der Waals surface area contributed by atoms with Gasteiger partial charge in [-0.2, -0.15) is 0 Å². The molecule has 144 valence electrons. The van der Waals surface area contributed by atoms with E-state index in [2.05, 4.69) is 9.97 Å². The van der Waals surface area contributed by atoms with Gasteiger partial charge in [0.05, 0.1) is 12.6 Å². The van der Waals surface area contributed by atoms with E-state index in [1.54, 1.807) is 12.4 Å². The van der Waals surface area contributed by atoms with Crippen LogP contribution in [0.4, 0.5) is 0 Å². The van der Waals surface area contributed by atoms with Crippen molar-refractivity contribution >= 4 is 5.78 Å². The Morgan fingerprint density at radius 3 is 2.34 bits per heavy atom. The van der Waals surface area contributed by atoms with Gasteiger partial charge in [-0.1, -0.05) is 48.5 Å². The van der Waals surface area contributed by atoms with Gasteiger partial charge in [0.15, 0.2) is 5.76 Å². The summed E-state index contributed by atoms with van der Waals surface area (Å²) in [5.41, 5.74) is 2.71. The van der Waals surface area contributed by atoms with E-state index in [1.165, 1.54) is 0 Å². The summed E-state index contributed by atoms with van der Waals surface area (Å²) >= 11 is 0. The number of aromatic nitrogens is 2. The van der Waals surface area contributed by atoms with E-state index >= 15 is 0 Å². The fourth-order valence-corrected chi connectivity index (χ4v) is 2.91. The molecule has 0 aliphatic carbocycles. The van der Waals surface area contributed by atoms with Crippen molar-refractivity contribution in [2.75, 3.05) is 0 Å². The highest BCUT2D eigenvalue weighted by Gasteiger charge is 2.12. The quantitative estimate of drug-likeness (QED) is 0.442. The molecule has 29 heavy (non-hydrogen) atoms. The molecule has 0 aliphatic rings. The first-order chi connectivity index (χ1) is 14.3. The van der Waals surface area contributed by atoms with Gasteiger partial charge in [-0.05, 0) is 35.4 Å². The van der Waals surface area contributed by atoms with Crippen LogP contribution in [0, 0.1) is 0 Å². The Morgan fingerprint density at radius 1 is 0.828 bits per heavy atom. The highest BCUT2D eigenvalue weighted by Crippen LogP contribution is 2.18. The van der Waals surface area contributed by atoms with Crippen molar-refractivity contribution in [3.63, 3.8) is 0 Å². The van der Waals surface area contributed by atoms with Crippen LogP contribution in [0.5, 0.6) is 5.75 Å². The van der Waals surface area contributed by atoms with Crippen LogP contribution < -0.4 is 4.74 Å². The normalized spacial score (nSPS) is 10.6. The molecule has 0 fully saturated rings. The zero-order valence-corrected chi connectivity index (χ0v) is 15.8. The highest BCUT2D eigenvalue weighted by molar-refractivity contribution is 5.82. The lowest BCUT2D eigenvalue weighted by atomic mass is 10.1. The van der Waals surface area contributed by atoms with Crippen LogP contribution in [-0.4, -0.2) is 15.8 Å². The van der Waals surface area contributed by atoms with E-state index in [9.17, 15) is 4.79 Å². The number of hydrogen-bond acceptors (Lipinski definition) is 5.